The minimum atomic E-state index is 0.227. The van der Waals surface area contributed by atoms with Gasteiger partial charge < -0.3 is 5.11 Å². The number of rotatable bonds is 3. The molecule has 0 aliphatic carbocycles. The molecule has 18 heavy (non-hydrogen) atoms. The predicted octanol–water partition coefficient (Wildman–Crippen LogP) is 3.73. The highest BCUT2D eigenvalue weighted by Crippen LogP contribution is 2.25. The number of aliphatic hydroxyl groups is 1. The Hall–Kier alpha value is -0.280. The molecule has 1 saturated heterocycles. The minimum Gasteiger partial charge on any atom is -0.395 e. The van der Waals surface area contributed by atoms with Gasteiger partial charge in [-0.25, -0.2) is 0 Å². The quantitative estimate of drug-likeness (QED) is 0.916. The fourth-order valence-electron chi connectivity index (χ4n) is 2.52. The van der Waals surface area contributed by atoms with E-state index in [0.29, 0.717) is 10.0 Å². The van der Waals surface area contributed by atoms with Crippen molar-refractivity contribution in [2.24, 2.45) is 0 Å². The number of benzene rings is 1. The van der Waals surface area contributed by atoms with E-state index in [1.54, 1.807) is 6.07 Å². The first-order valence-corrected chi connectivity index (χ1v) is 7.25. The van der Waals surface area contributed by atoms with Gasteiger partial charge in [-0.15, -0.1) is 0 Å². The third-order valence-electron chi connectivity index (χ3n) is 3.60. The van der Waals surface area contributed by atoms with Crippen molar-refractivity contribution in [1.82, 2.24) is 4.90 Å². The Morgan fingerprint density at radius 2 is 2.06 bits per heavy atom. The summed E-state index contributed by atoms with van der Waals surface area (Å²) in [5, 5.41) is 10.9. The normalized spacial score (nSPS) is 21.8. The van der Waals surface area contributed by atoms with E-state index in [4.69, 9.17) is 23.2 Å². The number of hydrogen-bond donors (Lipinski definition) is 1. The molecule has 1 fully saturated rings. The maximum atomic E-state index is 9.48. The molecule has 100 valence electrons. The van der Waals surface area contributed by atoms with Crippen molar-refractivity contribution in [2.75, 3.05) is 13.2 Å². The van der Waals surface area contributed by atoms with Crippen LogP contribution in [-0.4, -0.2) is 29.2 Å². The number of hydrogen-bond acceptors (Lipinski definition) is 2. The first-order valence-electron chi connectivity index (χ1n) is 6.49. The summed E-state index contributed by atoms with van der Waals surface area (Å²) in [4.78, 5) is 2.34. The molecular weight excluding hydrogens is 269 g/mol. The van der Waals surface area contributed by atoms with Crippen LogP contribution in [0.5, 0.6) is 0 Å². The van der Waals surface area contributed by atoms with Crippen LogP contribution >= 0.6 is 23.2 Å². The van der Waals surface area contributed by atoms with Crippen LogP contribution in [0, 0.1) is 0 Å². The Balaban J connectivity index is 2.10. The second-order valence-corrected chi connectivity index (χ2v) is 5.74. The van der Waals surface area contributed by atoms with Crippen molar-refractivity contribution in [1.29, 1.82) is 0 Å². The second-order valence-electron chi connectivity index (χ2n) is 4.89. The van der Waals surface area contributed by atoms with E-state index in [1.807, 2.05) is 12.1 Å². The van der Waals surface area contributed by atoms with Gasteiger partial charge in [0.05, 0.1) is 6.61 Å². The number of halogens is 2. The third-order valence-corrected chi connectivity index (χ3v) is 4.19. The van der Waals surface area contributed by atoms with E-state index < -0.39 is 0 Å². The lowest BCUT2D eigenvalue weighted by molar-refractivity contribution is 0.118. The van der Waals surface area contributed by atoms with Crippen LogP contribution in [0.4, 0.5) is 0 Å². The molecule has 0 saturated carbocycles. The molecule has 1 heterocycles. The largest absolute Gasteiger partial charge is 0.395 e. The lowest BCUT2D eigenvalue weighted by Gasteiger charge is -2.28. The topological polar surface area (TPSA) is 23.5 Å². The van der Waals surface area contributed by atoms with Crippen molar-refractivity contribution >= 4 is 23.2 Å². The van der Waals surface area contributed by atoms with Gasteiger partial charge in [-0.05, 0) is 37.1 Å². The van der Waals surface area contributed by atoms with Gasteiger partial charge in [0.15, 0.2) is 0 Å². The molecule has 2 nitrogen and oxygen atoms in total. The maximum absolute atomic E-state index is 9.48. The standard InChI is InChI=1S/C14H19Cl2NO/c15-12-6-5-11(14(16)8-12)9-17-7-3-1-2-4-13(17)10-18/h5-6,8,13,18H,1-4,7,9-10H2. The van der Waals surface area contributed by atoms with Crippen molar-refractivity contribution in [2.45, 2.75) is 38.3 Å². The van der Waals surface area contributed by atoms with E-state index in [-0.39, 0.29) is 12.6 Å². The maximum Gasteiger partial charge on any atom is 0.0586 e. The molecule has 1 aromatic rings. The van der Waals surface area contributed by atoms with E-state index in [0.717, 1.165) is 25.1 Å². The monoisotopic (exact) mass is 287 g/mol. The number of nitrogens with zero attached hydrogens (tertiary/aromatic N) is 1. The van der Waals surface area contributed by atoms with Crippen LogP contribution in [-0.2, 0) is 6.54 Å². The highest BCUT2D eigenvalue weighted by molar-refractivity contribution is 6.35. The Kier molecular flexibility index (Phi) is 5.31. The molecule has 0 aromatic heterocycles. The van der Waals surface area contributed by atoms with Gasteiger partial charge in [0.1, 0.15) is 0 Å². The summed E-state index contributed by atoms with van der Waals surface area (Å²) in [5.74, 6) is 0. The Morgan fingerprint density at radius 3 is 2.78 bits per heavy atom. The zero-order chi connectivity index (χ0) is 13.0. The van der Waals surface area contributed by atoms with Gasteiger partial charge in [-0.3, -0.25) is 4.90 Å². The fraction of sp³-hybridized carbons (Fsp3) is 0.571. The molecule has 1 N–H and O–H groups in total. The third kappa shape index (κ3) is 3.61. The van der Waals surface area contributed by atoms with E-state index in [2.05, 4.69) is 4.90 Å². The molecule has 0 bridgehead atoms. The summed E-state index contributed by atoms with van der Waals surface area (Å²) in [5.41, 5.74) is 1.08. The van der Waals surface area contributed by atoms with E-state index >= 15 is 0 Å². The molecule has 4 heteroatoms. The summed E-state index contributed by atoms with van der Waals surface area (Å²) in [7, 11) is 0. The van der Waals surface area contributed by atoms with Gasteiger partial charge in [0, 0.05) is 22.6 Å². The zero-order valence-corrected chi connectivity index (χ0v) is 11.9. The smallest absolute Gasteiger partial charge is 0.0586 e. The minimum absolute atomic E-state index is 0.227. The SMILES string of the molecule is OCC1CCCCCN1Cc1ccc(Cl)cc1Cl. The molecule has 0 amide bonds. The second kappa shape index (κ2) is 6.76. The van der Waals surface area contributed by atoms with E-state index in [9.17, 15) is 5.11 Å². The van der Waals surface area contributed by atoms with Crippen molar-refractivity contribution < 1.29 is 5.11 Å². The van der Waals surface area contributed by atoms with Crippen LogP contribution in [0.25, 0.3) is 0 Å². The van der Waals surface area contributed by atoms with E-state index in [1.165, 1.54) is 19.3 Å². The Labute approximate surface area is 119 Å². The van der Waals surface area contributed by atoms with Crippen molar-refractivity contribution in [3.8, 4) is 0 Å². The summed E-state index contributed by atoms with van der Waals surface area (Å²) < 4.78 is 0. The first kappa shape index (κ1) is 14.1. The van der Waals surface area contributed by atoms with Crippen molar-refractivity contribution in [3.05, 3.63) is 33.8 Å². The van der Waals surface area contributed by atoms with Gasteiger partial charge >= 0.3 is 0 Å². The molecular formula is C14H19Cl2NO. The first-order chi connectivity index (χ1) is 8.70. The highest BCUT2D eigenvalue weighted by Gasteiger charge is 2.20. The predicted molar refractivity (Wildman–Crippen MR) is 76.2 cm³/mol. The highest BCUT2D eigenvalue weighted by atomic mass is 35.5. The lowest BCUT2D eigenvalue weighted by atomic mass is 10.1. The van der Waals surface area contributed by atoms with Crippen LogP contribution in [0.2, 0.25) is 10.0 Å². The summed E-state index contributed by atoms with van der Waals surface area (Å²) >= 11 is 12.1. The molecule has 0 radical (unpaired) electrons. The van der Waals surface area contributed by atoms with Crippen LogP contribution in [0.15, 0.2) is 18.2 Å². The van der Waals surface area contributed by atoms with Gasteiger partial charge in [0.2, 0.25) is 0 Å². The Bertz CT molecular complexity index is 397. The average Bonchev–Trinajstić information content (AvgIpc) is 2.57. The molecule has 1 atom stereocenters. The van der Waals surface area contributed by atoms with Gasteiger partial charge in [0.25, 0.3) is 0 Å². The van der Waals surface area contributed by atoms with Crippen LogP contribution < -0.4 is 0 Å². The summed E-state index contributed by atoms with van der Waals surface area (Å²) in [6, 6.07) is 5.89. The van der Waals surface area contributed by atoms with Gasteiger partial charge in [-0.1, -0.05) is 42.1 Å². The molecule has 1 aliphatic rings. The number of likely N-dealkylation sites (tertiary alicyclic amines) is 1. The van der Waals surface area contributed by atoms with Crippen LogP contribution in [0.3, 0.4) is 0 Å². The molecule has 1 aromatic carbocycles. The fourth-order valence-corrected chi connectivity index (χ4v) is 2.99. The summed E-state index contributed by atoms with van der Waals surface area (Å²) in [6.07, 6.45) is 4.72. The Morgan fingerprint density at radius 1 is 1.22 bits per heavy atom. The van der Waals surface area contributed by atoms with Crippen LogP contribution in [0.1, 0.15) is 31.2 Å². The molecule has 1 aliphatic heterocycles. The molecule has 0 spiro atoms. The van der Waals surface area contributed by atoms with Crippen molar-refractivity contribution in [3.63, 3.8) is 0 Å². The number of aliphatic hydroxyl groups excluding tert-OH is 1. The zero-order valence-electron chi connectivity index (χ0n) is 10.4. The lowest BCUT2D eigenvalue weighted by Crippen LogP contribution is -2.36. The summed E-state index contributed by atoms with van der Waals surface area (Å²) in [6.45, 7) is 2.05. The van der Waals surface area contributed by atoms with Gasteiger partial charge in [-0.2, -0.15) is 0 Å². The average molecular weight is 288 g/mol. The molecule has 2 rings (SSSR count). The molecule has 1 unspecified atom stereocenters.